The van der Waals surface area contributed by atoms with Crippen LogP contribution >= 0.6 is 0 Å². The molecular formula is C20H26N6O5. The monoisotopic (exact) mass is 430 g/mol. The number of amides is 4. The van der Waals surface area contributed by atoms with Gasteiger partial charge in [0.15, 0.2) is 0 Å². The van der Waals surface area contributed by atoms with E-state index in [0.717, 1.165) is 0 Å². The largest absolute Gasteiger partial charge is 0.444 e. The molecule has 1 unspecified atom stereocenters. The van der Waals surface area contributed by atoms with Crippen molar-refractivity contribution in [3.8, 4) is 0 Å². The van der Waals surface area contributed by atoms with Gasteiger partial charge in [-0.05, 0) is 27.2 Å². The highest BCUT2D eigenvalue weighted by Crippen LogP contribution is 2.27. The molecule has 11 heteroatoms. The van der Waals surface area contributed by atoms with E-state index in [-0.39, 0.29) is 36.6 Å². The molecule has 166 valence electrons. The topological polar surface area (TPSA) is 125 Å². The van der Waals surface area contributed by atoms with Gasteiger partial charge in [0.2, 0.25) is 17.8 Å². The maximum Gasteiger partial charge on any atom is 0.410 e. The van der Waals surface area contributed by atoms with Crippen LogP contribution in [0.2, 0.25) is 0 Å². The van der Waals surface area contributed by atoms with Crippen LogP contribution in [0.15, 0.2) is 6.20 Å². The smallest absolute Gasteiger partial charge is 0.410 e. The minimum absolute atomic E-state index is 0.204. The molecule has 4 rings (SSSR count). The Labute approximate surface area is 179 Å². The van der Waals surface area contributed by atoms with Gasteiger partial charge in [0.25, 0.3) is 5.91 Å². The molecule has 11 nitrogen and oxygen atoms in total. The van der Waals surface area contributed by atoms with E-state index in [4.69, 9.17) is 4.74 Å². The number of imide groups is 1. The van der Waals surface area contributed by atoms with Gasteiger partial charge in [-0.1, -0.05) is 0 Å². The minimum Gasteiger partial charge on any atom is -0.444 e. The predicted molar refractivity (Wildman–Crippen MR) is 108 cm³/mol. The van der Waals surface area contributed by atoms with Crippen LogP contribution in [0.3, 0.4) is 0 Å². The molecule has 0 saturated carbocycles. The van der Waals surface area contributed by atoms with Crippen LogP contribution in [0, 0.1) is 0 Å². The van der Waals surface area contributed by atoms with Crippen molar-refractivity contribution in [1.29, 1.82) is 0 Å². The summed E-state index contributed by atoms with van der Waals surface area (Å²) in [5.74, 6) is -0.691. The Kier molecular flexibility index (Phi) is 5.28. The lowest BCUT2D eigenvalue weighted by atomic mass is 10.0. The molecule has 4 heterocycles. The number of hydrogen-bond acceptors (Lipinski definition) is 8. The van der Waals surface area contributed by atoms with E-state index in [1.807, 2.05) is 25.7 Å². The summed E-state index contributed by atoms with van der Waals surface area (Å²) in [7, 11) is 0. The molecule has 1 aromatic rings. The number of piperazine rings is 1. The summed E-state index contributed by atoms with van der Waals surface area (Å²) >= 11 is 0. The van der Waals surface area contributed by atoms with Crippen LogP contribution in [0.5, 0.6) is 0 Å². The molecule has 2 fully saturated rings. The van der Waals surface area contributed by atoms with E-state index in [1.54, 1.807) is 11.1 Å². The van der Waals surface area contributed by atoms with Crippen molar-refractivity contribution in [3.05, 3.63) is 17.5 Å². The SMILES string of the molecule is CC(C)(C)OC(=O)N1CCN(c2ncc3c(n2)C(=O)N(C2CCC(=O)NC2=O)C3)CC1. The van der Waals surface area contributed by atoms with Crippen LogP contribution in [0.4, 0.5) is 10.7 Å². The first-order valence-electron chi connectivity index (χ1n) is 10.4. The van der Waals surface area contributed by atoms with E-state index in [9.17, 15) is 19.2 Å². The number of anilines is 1. The summed E-state index contributed by atoms with van der Waals surface area (Å²) in [5, 5.41) is 2.29. The van der Waals surface area contributed by atoms with Gasteiger partial charge in [0, 0.05) is 44.4 Å². The first kappa shape index (κ1) is 21.0. The van der Waals surface area contributed by atoms with Crippen LogP contribution in [0.1, 0.15) is 49.7 Å². The first-order valence-corrected chi connectivity index (χ1v) is 10.4. The summed E-state index contributed by atoms with van der Waals surface area (Å²) in [6.45, 7) is 7.69. The lowest BCUT2D eigenvalue weighted by Crippen LogP contribution is -2.52. The summed E-state index contributed by atoms with van der Waals surface area (Å²) < 4.78 is 5.41. The molecule has 1 aromatic heterocycles. The first-order chi connectivity index (χ1) is 14.6. The normalized spacial score (nSPS) is 21.8. The summed E-state index contributed by atoms with van der Waals surface area (Å²) in [6, 6.07) is -0.680. The van der Waals surface area contributed by atoms with Gasteiger partial charge >= 0.3 is 6.09 Å². The van der Waals surface area contributed by atoms with Crippen molar-refractivity contribution in [2.45, 2.75) is 51.8 Å². The van der Waals surface area contributed by atoms with E-state index in [2.05, 4.69) is 15.3 Å². The molecule has 31 heavy (non-hydrogen) atoms. The number of hydrogen-bond donors (Lipinski definition) is 1. The van der Waals surface area contributed by atoms with Crippen LogP contribution < -0.4 is 10.2 Å². The van der Waals surface area contributed by atoms with E-state index in [1.165, 1.54) is 4.90 Å². The van der Waals surface area contributed by atoms with Crippen molar-refractivity contribution < 1.29 is 23.9 Å². The Morgan fingerprint density at radius 1 is 1.16 bits per heavy atom. The average molecular weight is 430 g/mol. The fourth-order valence-corrected chi connectivity index (χ4v) is 3.89. The number of ether oxygens (including phenoxy) is 1. The Morgan fingerprint density at radius 3 is 2.52 bits per heavy atom. The third-order valence-corrected chi connectivity index (χ3v) is 5.46. The maximum absolute atomic E-state index is 12.9. The molecule has 2 saturated heterocycles. The molecule has 4 amide bonds. The maximum atomic E-state index is 12.9. The van der Waals surface area contributed by atoms with E-state index >= 15 is 0 Å². The second-order valence-electron chi connectivity index (χ2n) is 8.90. The van der Waals surface area contributed by atoms with Crippen molar-refractivity contribution in [2.24, 2.45) is 0 Å². The molecule has 0 aromatic carbocycles. The highest BCUT2D eigenvalue weighted by molar-refractivity contribution is 6.04. The molecule has 0 bridgehead atoms. The van der Waals surface area contributed by atoms with Gasteiger partial charge in [-0.2, -0.15) is 0 Å². The lowest BCUT2D eigenvalue weighted by Gasteiger charge is -2.35. The predicted octanol–water partition coefficient (Wildman–Crippen LogP) is 0.295. The molecular weight excluding hydrogens is 404 g/mol. The Bertz CT molecular complexity index is 934. The van der Waals surface area contributed by atoms with E-state index in [0.29, 0.717) is 44.1 Å². The van der Waals surface area contributed by atoms with Crippen molar-refractivity contribution in [2.75, 3.05) is 31.1 Å². The zero-order valence-electron chi connectivity index (χ0n) is 17.9. The third kappa shape index (κ3) is 4.30. The van der Waals surface area contributed by atoms with Crippen molar-refractivity contribution in [3.63, 3.8) is 0 Å². The molecule has 0 aliphatic carbocycles. The number of rotatable bonds is 2. The molecule has 1 N–H and O–H groups in total. The summed E-state index contributed by atoms with van der Waals surface area (Å²) in [4.78, 5) is 62.6. The molecule has 0 radical (unpaired) electrons. The number of aromatic nitrogens is 2. The van der Waals surface area contributed by atoms with Gasteiger partial charge < -0.3 is 19.4 Å². The minimum atomic E-state index is -0.680. The molecule has 0 spiro atoms. The summed E-state index contributed by atoms with van der Waals surface area (Å²) in [6.07, 6.45) is 1.77. The number of carbonyl (C=O) groups excluding carboxylic acids is 4. The average Bonchev–Trinajstić information content (AvgIpc) is 3.03. The zero-order valence-corrected chi connectivity index (χ0v) is 17.9. The van der Waals surface area contributed by atoms with Crippen LogP contribution in [-0.4, -0.2) is 81.4 Å². The fourth-order valence-electron chi connectivity index (χ4n) is 3.89. The number of fused-ring (bicyclic) bond motifs is 1. The number of piperidine rings is 1. The number of carbonyl (C=O) groups is 4. The zero-order chi connectivity index (χ0) is 22.3. The molecule has 1 atom stereocenters. The van der Waals surface area contributed by atoms with Crippen molar-refractivity contribution >= 4 is 29.8 Å². The van der Waals surface area contributed by atoms with Gasteiger partial charge in [-0.3, -0.25) is 19.7 Å². The van der Waals surface area contributed by atoms with Crippen molar-refractivity contribution in [1.82, 2.24) is 25.1 Å². The van der Waals surface area contributed by atoms with E-state index < -0.39 is 17.6 Å². The summed E-state index contributed by atoms with van der Waals surface area (Å²) in [5.41, 5.74) is 0.390. The van der Waals surface area contributed by atoms with Gasteiger partial charge in [-0.25, -0.2) is 14.8 Å². The Morgan fingerprint density at radius 2 is 1.87 bits per heavy atom. The Hall–Kier alpha value is -3.24. The number of nitrogens with zero attached hydrogens (tertiary/aromatic N) is 5. The van der Waals surface area contributed by atoms with Gasteiger partial charge in [0.1, 0.15) is 17.3 Å². The fraction of sp³-hybridized carbons (Fsp3) is 0.600. The highest BCUT2D eigenvalue weighted by atomic mass is 16.6. The standard InChI is InChI=1S/C20H26N6O5/c1-20(2,3)31-19(30)25-8-6-24(7-9-25)18-21-10-12-11-26(17(29)15(12)23-18)13-4-5-14(27)22-16(13)28/h10,13H,4-9,11H2,1-3H3,(H,22,27,28). The second kappa shape index (κ2) is 7.78. The number of nitrogens with one attached hydrogen (secondary N) is 1. The van der Waals surface area contributed by atoms with Crippen LogP contribution in [-0.2, 0) is 20.9 Å². The van der Waals surface area contributed by atoms with Gasteiger partial charge in [-0.15, -0.1) is 0 Å². The molecule has 3 aliphatic rings. The van der Waals surface area contributed by atoms with Crippen LogP contribution in [0.25, 0.3) is 0 Å². The van der Waals surface area contributed by atoms with Gasteiger partial charge in [0.05, 0.1) is 6.54 Å². The third-order valence-electron chi connectivity index (χ3n) is 5.46. The quantitative estimate of drug-likeness (QED) is 0.664. The molecule has 3 aliphatic heterocycles. The lowest BCUT2D eigenvalue weighted by molar-refractivity contribution is -0.136. The highest BCUT2D eigenvalue weighted by Gasteiger charge is 2.40. The Balaban J connectivity index is 1.41. The second-order valence-corrected chi connectivity index (χ2v) is 8.90.